The van der Waals surface area contributed by atoms with E-state index in [-0.39, 0.29) is 6.61 Å². The third-order valence-corrected chi connectivity index (χ3v) is 3.53. The number of rotatable bonds is 5. The fraction of sp³-hybridized carbons (Fsp3) is 0.538. The maximum absolute atomic E-state index is 8.90. The van der Waals surface area contributed by atoms with E-state index in [2.05, 4.69) is 6.07 Å². The van der Waals surface area contributed by atoms with Crippen molar-refractivity contribution < 1.29 is 5.11 Å². The molecule has 0 spiro atoms. The number of nitrogens with two attached hydrogens (primary N) is 1. The standard InChI is InChI=1S/C13H19N3OS/c1-16(6-3-7-17)13-10(12(14)18)8-9-4-2-5-11(9)15-13/h8,17H,2-7H2,1H3,(H2,14,18). The van der Waals surface area contributed by atoms with Gasteiger partial charge in [-0.1, -0.05) is 12.2 Å². The second-order valence-corrected chi connectivity index (χ2v) is 5.12. The average Bonchev–Trinajstić information content (AvgIpc) is 2.81. The maximum atomic E-state index is 8.90. The van der Waals surface area contributed by atoms with Gasteiger partial charge in [0.05, 0.1) is 5.56 Å². The summed E-state index contributed by atoms with van der Waals surface area (Å²) in [7, 11) is 1.96. The highest BCUT2D eigenvalue weighted by atomic mass is 32.1. The molecule has 0 saturated carbocycles. The lowest BCUT2D eigenvalue weighted by Gasteiger charge is -2.21. The molecule has 0 atom stereocenters. The van der Waals surface area contributed by atoms with Gasteiger partial charge in [-0.2, -0.15) is 0 Å². The molecule has 1 aliphatic carbocycles. The summed E-state index contributed by atoms with van der Waals surface area (Å²) in [4.78, 5) is 7.11. The molecule has 0 bridgehead atoms. The average molecular weight is 265 g/mol. The first-order valence-corrected chi connectivity index (χ1v) is 6.69. The fourth-order valence-electron chi connectivity index (χ4n) is 2.35. The third-order valence-electron chi connectivity index (χ3n) is 3.31. The molecule has 0 radical (unpaired) electrons. The molecule has 1 aromatic heterocycles. The molecule has 2 rings (SSSR count). The first-order chi connectivity index (χ1) is 8.63. The Morgan fingerprint density at radius 3 is 3.00 bits per heavy atom. The monoisotopic (exact) mass is 265 g/mol. The second kappa shape index (κ2) is 5.63. The van der Waals surface area contributed by atoms with Gasteiger partial charge in [0.2, 0.25) is 0 Å². The van der Waals surface area contributed by atoms with E-state index in [9.17, 15) is 0 Å². The van der Waals surface area contributed by atoms with Gasteiger partial charge >= 0.3 is 0 Å². The van der Waals surface area contributed by atoms with E-state index in [0.29, 0.717) is 11.4 Å². The Morgan fingerprint density at radius 1 is 1.56 bits per heavy atom. The predicted molar refractivity (Wildman–Crippen MR) is 77.1 cm³/mol. The van der Waals surface area contributed by atoms with Gasteiger partial charge in [0.1, 0.15) is 10.8 Å². The van der Waals surface area contributed by atoms with E-state index >= 15 is 0 Å². The van der Waals surface area contributed by atoms with Gasteiger partial charge in [-0.05, 0) is 37.3 Å². The second-order valence-electron chi connectivity index (χ2n) is 4.68. The van der Waals surface area contributed by atoms with Crippen molar-refractivity contribution in [1.82, 2.24) is 4.98 Å². The quantitative estimate of drug-likeness (QED) is 0.778. The van der Waals surface area contributed by atoms with Crippen molar-refractivity contribution in [3.8, 4) is 0 Å². The van der Waals surface area contributed by atoms with E-state index in [1.165, 1.54) is 11.3 Å². The molecular weight excluding hydrogens is 246 g/mol. The lowest BCUT2D eigenvalue weighted by molar-refractivity contribution is 0.290. The number of pyridine rings is 1. The van der Waals surface area contributed by atoms with Crippen molar-refractivity contribution in [2.75, 3.05) is 25.1 Å². The molecule has 18 heavy (non-hydrogen) atoms. The Hall–Kier alpha value is -1.20. The lowest BCUT2D eigenvalue weighted by atomic mass is 10.1. The van der Waals surface area contributed by atoms with Crippen molar-refractivity contribution in [3.05, 3.63) is 22.9 Å². The lowest BCUT2D eigenvalue weighted by Crippen LogP contribution is -2.25. The molecule has 0 aliphatic heterocycles. The Kier molecular flexibility index (Phi) is 4.14. The molecule has 4 nitrogen and oxygen atoms in total. The SMILES string of the molecule is CN(CCCO)c1nc2c(cc1C(N)=S)CCC2. The van der Waals surface area contributed by atoms with Crippen LogP contribution in [0.15, 0.2) is 6.07 Å². The first-order valence-electron chi connectivity index (χ1n) is 6.28. The molecule has 0 aromatic carbocycles. The summed E-state index contributed by atoms with van der Waals surface area (Å²) < 4.78 is 0. The largest absolute Gasteiger partial charge is 0.396 e. The van der Waals surface area contributed by atoms with E-state index in [1.807, 2.05) is 11.9 Å². The number of nitrogens with zero attached hydrogens (tertiary/aromatic N) is 2. The van der Waals surface area contributed by atoms with Crippen LogP contribution >= 0.6 is 12.2 Å². The summed E-state index contributed by atoms with van der Waals surface area (Å²) in [5, 5.41) is 8.90. The molecule has 0 amide bonds. The summed E-state index contributed by atoms with van der Waals surface area (Å²) in [6.07, 6.45) is 3.97. The normalized spacial score (nSPS) is 13.4. The number of aromatic nitrogens is 1. The zero-order valence-electron chi connectivity index (χ0n) is 10.6. The zero-order chi connectivity index (χ0) is 13.1. The summed E-state index contributed by atoms with van der Waals surface area (Å²) in [5.74, 6) is 0.844. The highest BCUT2D eigenvalue weighted by molar-refractivity contribution is 7.80. The van der Waals surface area contributed by atoms with Crippen LogP contribution in [0.5, 0.6) is 0 Å². The molecule has 98 valence electrons. The van der Waals surface area contributed by atoms with Gasteiger partial charge in [0, 0.05) is 25.9 Å². The van der Waals surface area contributed by atoms with Gasteiger partial charge in [-0.3, -0.25) is 0 Å². The number of aryl methyl sites for hydroxylation is 2. The van der Waals surface area contributed by atoms with Gasteiger partial charge in [0.15, 0.2) is 0 Å². The molecule has 3 N–H and O–H groups in total. The van der Waals surface area contributed by atoms with E-state index in [1.54, 1.807) is 0 Å². The Labute approximate surface area is 113 Å². The van der Waals surface area contributed by atoms with E-state index < -0.39 is 0 Å². The summed E-state index contributed by atoms with van der Waals surface area (Å²) in [5.41, 5.74) is 9.09. The van der Waals surface area contributed by atoms with Crippen LogP contribution in [0.25, 0.3) is 0 Å². The van der Waals surface area contributed by atoms with Gasteiger partial charge < -0.3 is 15.7 Å². The summed E-state index contributed by atoms with van der Waals surface area (Å²) >= 11 is 5.11. The predicted octanol–water partition coefficient (Wildman–Crippen LogP) is 1.02. The Bertz CT molecular complexity index is 462. The van der Waals surface area contributed by atoms with Crippen LogP contribution in [-0.2, 0) is 12.8 Å². The number of aliphatic hydroxyl groups excluding tert-OH is 1. The first kappa shape index (κ1) is 13.2. The van der Waals surface area contributed by atoms with Crippen LogP contribution in [0.4, 0.5) is 5.82 Å². The molecule has 5 heteroatoms. The molecule has 0 unspecified atom stereocenters. The van der Waals surface area contributed by atoms with Crippen molar-refractivity contribution in [1.29, 1.82) is 0 Å². The maximum Gasteiger partial charge on any atom is 0.138 e. The third kappa shape index (κ3) is 2.62. The van der Waals surface area contributed by atoms with Crippen molar-refractivity contribution in [2.45, 2.75) is 25.7 Å². The number of hydrogen-bond acceptors (Lipinski definition) is 4. The minimum atomic E-state index is 0.178. The number of hydrogen-bond donors (Lipinski definition) is 2. The molecule has 1 heterocycles. The van der Waals surface area contributed by atoms with E-state index in [0.717, 1.165) is 37.2 Å². The molecule has 1 aromatic rings. The molecule has 0 saturated heterocycles. The number of aliphatic hydroxyl groups is 1. The van der Waals surface area contributed by atoms with Crippen molar-refractivity contribution >= 4 is 23.0 Å². The molecule has 1 aliphatic rings. The molecule has 0 fully saturated rings. The highest BCUT2D eigenvalue weighted by Crippen LogP contribution is 2.27. The van der Waals surface area contributed by atoms with E-state index in [4.69, 9.17) is 28.0 Å². The number of fused-ring (bicyclic) bond motifs is 1. The summed E-state index contributed by atoms with van der Waals surface area (Å²) in [6, 6.07) is 2.09. The van der Waals surface area contributed by atoms with Gasteiger partial charge in [-0.25, -0.2) is 4.98 Å². The van der Waals surface area contributed by atoms with Crippen molar-refractivity contribution in [2.24, 2.45) is 5.73 Å². The minimum Gasteiger partial charge on any atom is -0.396 e. The number of thiocarbonyl (C=S) groups is 1. The highest BCUT2D eigenvalue weighted by Gasteiger charge is 2.19. The molecular formula is C13H19N3OS. The van der Waals surface area contributed by atoms with Crippen LogP contribution in [0.3, 0.4) is 0 Å². The smallest absolute Gasteiger partial charge is 0.138 e. The topological polar surface area (TPSA) is 62.4 Å². The Balaban J connectivity index is 2.35. The number of anilines is 1. The van der Waals surface area contributed by atoms with Crippen LogP contribution in [0, 0.1) is 0 Å². The Morgan fingerprint density at radius 2 is 2.33 bits per heavy atom. The van der Waals surface area contributed by atoms with Crippen LogP contribution < -0.4 is 10.6 Å². The van der Waals surface area contributed by atoms with Crippen LogP contribution in [-0.4, -0.2) is 35.3 Å². The van der Waals surface area contributed by atoms with Crippen LogP contribution in [0.1, 0.15) is 29.7 Å². The van der Waals surface area contributed by atoms with Gasteiger partial charge in [-0.15, -0.1) is 0 Å². The van der Waals surface area contributed by atoms with Gasteiger partial charge in [0.25, 0.3) is 0 Å². The van der Waals surface area contributed by atoms with Crippen LogP contribution in [0.2, 0.25) is 0 Å². The fourth-order valence-corrected chi connectivity index (χ4v) is 2.50. The minimum absolute atomic E-state index is 0.178. The zero-order valence-corrected chi connectivity index (χ0v) is 11.5. The summed E-state index contributed by atoms with van der Waals surface area (Å²) in [6.45, 7) is 0.926. The van der Waals surface area contributed by atoms with Crippen molar-refractivity contribution in [3.63, 3.8) is 0 Å².